The van der Waals surface area contributed by atoms with E-state index >= 15 is 0 Å². The van der Waals surface area contributed by atoms with Crippen molar-refractivity contribution >= 4 is 12.0 Å². The molecule has 0 saturated carbocycles. The van der Waals surface area contributed by atoms with Crippen molar-refractivity contribution < 1.29 is 4.79 Å². The van der Waals surface area contributed by atoms with Crippen LogP contribution in [0.2, 0.25) is 0 Å². The van der Waals surface area contributed by atoms with Crippen LogP contribution in [0.15, 0.2) is 73.5 Å². The average molecular weight is 517 g/mol. The number of allylic oxidation sites excluding steroid dienone is 1. The molecular formula is C35H52N2O. The molecule has 3 nitrogen and oxygen atoms in total. The van der Waals surface area contributed by atoms with Gasteiger partial charge in [-0.25, -0.2) is 0 Å². The molecule has 0 N–H and O–H groups in total. The lowest BCUT2D eigenvalue weighted by atomic mass is 9.78. The first kappa shape index (κ1) is 31.4. The lowest BCUT2D eigenvalue weighted by Crippen LogP contribution is -2.34. The Labute approximate surface area is 233 Å². The zero-order chi connectivity index (χ0) is 28.0. The third-order valence-electron chi connectivity index (χ3n) is 7.96. The van der Waals surface area contributed by atoms with E-state index in [9.17, 15) is 4.79 Å². The summed E-state index contributed by atoms with van der Waals surface area (Å²) in [7, 11) is 0. The highest BCUT2D eigenvalue weighted by Gasteiger charge is 2.44. The Bertz CT molecular complexity index is 973. The summed E-state index contributed by atoms with van der Waals surface area (Å²) in [6, 6.07) is 19.2. The Morgan fingerprint density at radius 3 is 2.16 bits per heavy atom. The summed E-state index contributed by atoms with van der Waals surface area (Å²) in [5.41, 5.74) is 5.01. The van der Waals surface area contributed by atoms with Crippen LogP contribution in [-0.2, 0) is 11.3 Å². The summed E-state index contributed by atoms with van der Waals surface area (Å²) in [6.45, 7) is 22.4. The van der Waals surface area contributed by atoms with Gasteiger partial charge in [-0.3, -0.25) is 4.79 Å². The second-order valence-electron chi connectivity index (χ2n) is 10.5. The van der Waals surface area contributed by atoms with Crippen molar-refractivity contribution in [2.24, 2.45) is 5.41 Å². The maximum absolute atomic E-state index is 12.8. The smallest absolute Gasteiger partial charge is 0.229 e. The molecule has 0 aromatic heterocycles. The number of likely N-dealkylation sites (tertiary alicyclic amines) is 2. The van der Waals surface area contributed by atoms with E-state index in [1.165, 1.54) is 29.8 Å². The molecule has 1 atom stereocenters. The number of carbonyl (C=O) groups excluding carboxylic acids is 1. The first-order valence-electron chi connectivity index (χ1n) is 14.9. The monoisotopic (exact) mass is 516 g/mol. The SMILES string of the molecule is C=C(CC)N1CCC(c2ccccc2)C1.C=Cc1ccc(CN2CCC(CCC)(CCC)C2=O)cc1.CC. The molecule has 2 aliphatic heterocycles. The third-order valence-corrected chi connectivity index (χ3v) is 7.96. The van der Waals surface area contributed by atoms with E-state index in [1.54, 1.807) is 0 Å². The van der Waals surface area contributed by atoms with Crippen molar-refractivity contribution in [3.8, 4) is 0 Å². The van der Waals surface area contributed by atoms with Gasteiger partial charge in [-0.2, -0.15) is 0 Å². The van der Waals surface area contributed by atoms with Gasteiger partial charge in [-0.05, 0) is 48.8 Å². The Morgan fingerprint density at radius 1 is 0.974 bits per heavy atom. The van der Waals surface area contributed by atoms with Crippen molar-refractivity contribution in [3.63, 3.8) is 0 Å². The van der Waals surface area contributed by atoms with Crippen LogP contribution in [-0.4, -0.2) is 35.3 Å². The highest BCUT2D eigenvalue weighted by atomic mass is 16.2. The molecule has 208 valence electrons. The number of hydrogen-bond donors (Lipinski definition) is 0. The number of benzene rings is 2. The molecule has 2 aliphatic rings. The lowest BCUT2D eigenvalue weighted by Gasteiger charge is -2.27. The number of carbonyl (C=O) groups is 1. The van der Waals surface area contributed by atoms with Crippen LogP contribution in [0.1, 0.15) is 102 Å². The highest BCUT2D eigenvalue weighted by Crippen LogP contribution is 2.41. The van der Waals surface area contributed by atoms with Gasteiger partial charge < -0.3 is 9.80 Å². The van der Waals surface area contributed by atoms with Crippen molar-refractivity contribution in [2.45, 2.75) is 92.0 Å². The molecule has 2 aromatic rings. The fourth-order valence-corrected chi connectivity index (χ4v) is 5.84. The molecule has 38 heavy (non-hydrogen) atoms. The Kier molecular flexibility index (Phi) is 13.4. The molecule has 2 fully saturated rings. The van der Waals surface area contributed by atoms with Crippen LogP contribution >= 0.6 is 0 Å². The largest absolute Gasteiger partial charge is 0.375 e. The Balaban J connectivity index is 0.000000262. The zero-order valence-electron chi connectivity index (χ0n) is 24.8. The van der Waals surface area contributed by atoms with Gasteiger partial charge in [0, 0.05) is 37.8 Å². The van der Waals surface area contributed by atoms with Crippen molar-refractivity contribution in [1.29, 1.82) is 0 Å². The van der Waals surface area contributed by atoms with Crippen LogP contribution in [0.4, 0.5) is 0 Å². The summed E-state index contributed by atoms with van der Waals surface area (Å²) >= 11 is 0. The van der Waals surface area contributed by atoms with Crippen LogP contribution in [0.3, 0.4) is 0 Å². The molecule has 2 aromatic carbocycles. The van der Waals surface area contributed by atoms with Gasteiger partial charge in [-0.1, -0.05) is 121 Å². The average Bonchev–Trinajstić information content (AvgIpc) is 3.57. The standard InChI is InChI=1S/C19H27NO.C14H19N.C2H6/c1-4-11-19(12-5-2)13-14-20(18(19)21)15-17-9-7-16(6-3)8-10-17;1-3-12(2)15-10-9-14(11-15)13-7-5-4-6-8-13;1-2/h6-10H,3-5,11-15H2,1-2H3;4-8,14H,2-3,9-11H2,1H3;1-2H3. The second-order valence-corrected chi connectivity index (χ2v) is 10.5. The van der Waals surface area contributed by atoms with Gasteiger partial charge >= 0.3 is 0 Å². The van der Waals surface area contributed by atoms with Gasteiger partial charge in [0.05, 0.1) is 5.41 Å². The van der Waals surface area contributed by atoms with E-state index in [0.717, 1.165) is 63.7 Å². The first-order chi connectivity index (χ1) is 18.5. The summed E-state index contributed by atoms with van der Waals surface area (Å²) < 4.78 is 0. The normalized spacial score (nSPS) is 17.8. The predicted molar refractivity (Wildman–Crippen MR) is 165 cm³/mol. The molecular weight excluding hydrogens is 464 g/mol. The van der Waals surface area contributed by atoms with Gasteiger partial charge in [0.2, 0.25) is 5.91 Å². The summed E-state index contributed by atoms with van der Waals surface area (Å²) in [6.07, 6.45) is 9.46. The summed E-state index contributed by atoms with van der Waals surface area (Å²) in [4.78, 5) is 17.3. The fourth-order valence-electron chi connectivity index (χ4n) is 5.84. The Morgan fingerprint density at radius 2 is 1.61 bits per heavy atom. The number of amides is 1. The zero-order valence-corrected chi connectivity index (χ0v) is 24.8. The molecule has 0 aliphatic carbocycles. The molecule has 2 saturated heterocycles. The topological polar surface area (TPSA) is 23.6 Å². The maximum atomic E-state index is 12.8. The Hall–Kier alpha value is -2.81. The molecule has 0 bridgehead atoms. The number of nitrogens with zero attached hydrogens (tertiary/aromatic N) is 2. The first-order valence-corrected chi connectivity index (χ1v) is 14.9. The van der Waals surface area contributed by atoms with E-state index in [4.69, 9.17) is 0 Å². The summed E-state index contributed by atoms with van der Waals surface area (Å²) in [5.74, 6) is 1.08. The molecule has 1 amide bonds. The van der Waals surface area contributed by atoms with Gasteiger partial charge in [0.25, 0.3) is 0 Å². The van der Waals surface area contributed by atoms with Crippen LogP contribution < -0.4 is 0 Å². The molecule has 3 heteroatoms. The minimum atomic E-state index is -0.0788. The second kappa shape index (κ2) is 16.2. The highest BCUT2D eigenvalue weighted by molar-refractivity contribution is 5.84. The van der Waals surface area contributed by atoms with E-state index < -0.39 is 0 Å². The molecule has 4 rings (SSSR count). The lowest BCUT2D eigenvalue weighted by molar-refractivity contribution is -0.137. The van der Waals surface area contributed by atoms with E-state index in [2.05, 4.69) is 93.4 Å². The van der Waals surface area contributed by atoms with Crippen molar-refractivity contribution in [1.82, 2.24) is 9.80 Å². The minimum absolute atomic E-state index is 0.0788. The molecule has 1 unspecified atom stereocenters. The molecule has 0 radical (unpaired) electrons. The number of rotatable bonds is 10. The van der Waals surface area contributed by atoms with Gasteiger partial charge in [0.15, 0.2) is 0 Å². The quantitative estimate of drug-likeness (QED) is 0.314. The van der Waals surface area contributed by atoms with Gasteiger partial charge in [-0.15, -0.1) is 0 Å². The molecule has 0 spiro atoms. The minimum Gasteiger partial charge on any atom is -0.375 e. The third kappa shape index (κ3) is 8.35. The van der Waals surface area contributed by atoms with Gasteiger partial charge in [0.1, 0.15) is 0 Å². The number of hydrogen-bond acceptors (Lipinski definition) is 2. The fraction of sp³-hybridized carbons (Fsp3) is 0.514. The van der Waals surface area contributed by atoms with E-state index in [1.807, 2.05) is 24.8 Å². The maximum Gasteiger partial charge on any atom is 0.229 e. The molecule has 2 heterocycles. The summed E-state index contributed by atoms with van der Waals surface area (Å²) in [5, 5.41) is 0. The van der Waals surface area contributed by atoms with E-state index in [0.29, 0.717) is 11.8 Å². The van der Waals surface area contributed by atoms with E-state index in [-0.39, 0.29) is 5.41 Å². The van der Waals surface area contributed by atoms with Crippen molar-refractivity contribution in [2.75, 3.05) is 19.6 Å². The van der Waals surface area contributed by atoms with Crippen LogP contribution in [0, 0.1) is 5.41 Å². The van der Waals surface area contributed by atoms with Crippen molar-refractivity contribution in [3.05, 3.63) is 90.1 Å². The predicted octanol–water partition coefficient (Wildman–Crippen LogP) is 9.07. The van der Waals surface area contributed by atoms with Crippen LogP contribution in [0.5, 0.6) is 0 Å². The van der Waals surface area contributed by atoms with Crippen LogP contribution in [0.25, 0.3) is 6.08 Å².